The minimum atomic E-state index is -0.352. The van der Waals surface area contributed by atoms with Crippen molar-refractivity contribution in [3.05, 3.63) is 76.7 Å². The van der Waals surface area contributed by atoms with Crippen LogP contribution in [0.1, 0.15) is 30.9 Å². The highest BCUT2D eigenvalue weighted by atomic mass is 35.5. The van der Waals surface area contributed by atoms with Gasteiger partial charge in [-0.15, -0.1) is 0 Å². The zero-order chi connectivity index (χ0) is 19.4. The van der Waals surface area contributed by atoms with Gasteiger partial charge in [0, 0.05) is 28.5 Å². The van der Waals surface area contributed by atoms with E-state index in [2.05, 4.69) is 41.7 Å². The largest absolute Gasteiger partial charge is 0.332 e. The Labute approximate surface area is 168 Å². The minimum absolute atomic E-state index is 0.240. The molecule has 2 N–H and O–H groups in total. The SMILES string of the molecule is CC(C)c1ccc(NC(=S)Nc2ccn(Cc3c(F)cccc3Cl)n2)cc1. The number of benzene rings is 2. The molecule has 0 aliphatic heterocycles. The molecule has 2 aromatic carbocycles. The van der Waals surface area contributed by atoms with Gasteiger partial charge in [-0.05, 0) is 48.0 Å². The van der Waals surface area contributed by atoms with Crippen LogP contribution in [0.15, 0.2) is 54.7 Å². The van der Waals surface area contributed by atoms with Gasteiger partial charge in [-0.2, -0.15) is 5.10 Å². The lowest BCUT2D eigenvalue weighted by Gasteiger charge is -2.10. The Balaban J connectivity index is 1.61. The molecule has 140 valence electrons. The second-order valence-electron chi connectivity index (χ2n) is 6.45. The highest BCUT2D eigenvalue weighted by Crippen LogP contribution is 2.20. The third-order valence-corrected chi connectivity index (χ3v) is 4.66. The van der Waals surface area contributed by atoms with Crippen LogP contribution in [0, 0.1) is 5.82 Å². The van der Waals surface area contributed by atoms with Crippen molar-refractivity contribution in [2.24, 2.45) is 0 Å². The van der Waals surface area contributed by atoms with Crippen LogP contribution in [-0.4, -0.2) is 14.9 Å². The molecule has 0 amide bonds. The third kappa shape index (κ3) is 5.05. The van der Waals surface area contributed by atoms with E-state index in [0.717, 1.165) is 5.69 Å². The van der Waals surface area contributed by atoms with Crippen LogP contribution in [0.3, 0.4) is 0 Å². The molecule has 0 fully saturated rings. The van der Waals surface area contributed by atoms with Gasteiger partial charge in [-0.3, -0.25) is 4.68 Å². The first-order valence-electron chi connectivity index (χ1n) is 8.56. The number of halogens is 2. The number of aromatic nitrogens is 2. The van der Waals surface area contributed by atoms with Crippen molar-refractivity contribution in [3.63, 3.8) is 0 Å². The number of nitrogens with zero attached hydrogens (tertiary/aromatic N) is 2. The second kappa shape index (κ2) is 8.50. The van der Waals surface area contributed by atoms with Crippen LogP contribution >= 0.6 is 23.8 Å². The average molecular weight is 403 g/mol. The molecule has 0 aliphatic carbocycles. The summed E-state index contributed by atoms with van der Waals surface area (Å²) in [6, 6.07) is 14.5. The Morgan fingerprint density at radius 1 is 1.15 bits per heavy atom. The van der Waals surface area contributed by atoms with E-state index in [0.29, 0.717) is 27.4 Å². The number of anilines is 2. The number of thiocarbonyl (C=S) groups is 1. The predicted octanol–water partition coefficient (Wildman–Crippen LogP) is 5.66. The number of rotatable bonds is 5. The van der Waals surface area contributed by atoms with Crippen LogP contribution in [0.2, 0.25) is 5.02 Å². The van der Waals surface area contributed by atoms with Crippen molar-refractivity contribution in [3.8, 4) is 0 Å². The average Bonchev–Trinajstić information content (AvgIpc) is 3.05. The summed E-state index contributed by atoms with van der Waals surface area (Å²) in [5, 5.41) is 11.3. The van der Waals surface area contributed by atoms with Gasteiger partial charge in [0.2, 0.25) is 0 Å². The Morgan fingerprint density at radius 2 is 1.89 bits per heavy atom. The first-order valence-corrected chi connectivity index (χ1v) is 9.35. The van der Waals surface area contributed by atoms with Gasteiger partial charge in [0.1, 0.15) is 5.82 Å². The summed E-state index contributed by atoms with van der Waals surface area (Å²) in [6.45, 7) is 4.54. The monoisotopic (exact) mass is 402 g/mol. The van der Waals surface area contributed by atoms with E-state index in [-0.39, 0.29) is 12.4 Å². The van der Waals surface area contributed by atoms with Crippen LogP contribution in [0.25, 0.3) is 0 Å². The lowest BCUT2D eigenvalue weighted by molar-refractivity contribution is 0.586. The molecule has 0 aliphatic rings. The highest BCUT2D eigenvalue weighted by molar-refractivity contribution is 7.80. The second-order valence-corrected chi connectivity index (χ2v) is 7.27. The molecular formula is C20H20ClFN4S. The maximum absolute atomic E-state index is 13.9. The molecule has 1 heterocycles. The quantitative estimate of drug-likeness (QED) is 0.540. The number of nitrogens with one attached hydrogen (secondary N) is 2. The smallest absolute Gasteiger partial charge is 0.176 e. The molecule has 7 heteroatoms. The molecule has 0 saturated carbocycles. The van der Waals surface area contributed by atoms with E-state index < -0.39 is 0 Å². The fraction of sp³-hybridized carbons (Fsp3) is 0.200. The molecule has 4 nitrogen and oxygen atoms in total. The van der Waals surface area contributed by atoms with Gasteiger partial charge in [0.15, 0.2) is 10.9 Å². The Bertz CT molecular complexity index is 917. The van der Waals surface area contributed by atoms with Gasteiger partial charge in [-0.25, -0.2) is 4.39 Å². The van der Waals surface area contributed by atoms with Crippen molar-refractivity contribution >= 4 is 40.4 Å². The predicted molar refractivity (Wildman–Crippen MR) is 113 cm³/mol. The summed E-state index contributed by atoms with van der Waals surface area (Å²) < 4.78 is 15.5. The van der Waals surface area contributed by atoms with Gasteiger partial charge < -0.3 is 10.6 Å². The Morgan fingerprint density at radius 3 is 2.56 bits per heavy atom. The first kappa shape index (κ1) is 19.3. The standard InChI is InChI=1S/C20H20ClFN4S/c1-13(2)14-6-8-15(9-7-14)23-20(27)24-19-10-11-26(25-19)12-16-17(21)4-3-5-18(16)22/h3-11,13H,12H2,1-2H3,(H2,23,24,25,27). The maximum atomic E-state index is 13.9. The van der Waals surface area contributed by atoms with E-state index in [1.165, 1.54) is 11.6 Å². The highest BCUT2D eigenvalue weighted by Gasteiger charge is 2.09. The van der Waals surface area contributed by atoms with E-state index in [9.17, 15) is 4.39 Å². The molecule has 0 bridgehead atoms. The molecular weight excluding hydrogens is 383 g/mol. The molecule has 0 spiro atoms. The topological polar surface area (TPSA) is 41.9 Å². The van der Waals surface area contributed by atoms with Crippen molar-refractivity contribution in [1.82, 2.24) is 9.78 Å². The summed E-state index contributed by atoms with van der Waals surface area (Å²) in [5.41, 5.74) is 2.57. The van der Waals surface area contributed by atoms with Gasteiger partial charge in [-0.1, -0.05) is 43.6 Å². The first-order chi connectivity index (χ1) is 12.9. The van der Waals surface area contributed by atoms with Crippen LogP contribution < -0.4 is 10.6 Å². The normalized spacial score (nSPS) is 10.9. The van der Waals surface area contributed by atoms with Crippen molar-refractivity contribution < 1.29 is 4.39 Å². The molecule has 27 heavy (non-hydrogen) atoms. The molecule has 0 saturated heterocycles. The summed E-state index contributed by atoms with van der Waals surface area (Å²) in [4.78, 5) is 0. The summed E-state index contributed by atoms with van der Waals surface area (Å²) in [6.07, 6.45) is 1.74. The van der Waals surface area contributed by atoms with Gasteiger partial charge in [0.05, 0.1) is 6.54 Å². The fourth-order valence-corrected chi connectivity index (χ4v) is 3.04. The zero-order valence-electron chi connectivity index (χ0n) is 15.0. The molecule has 1 aromatic heterocycles. The molecule has 3 aromatic rings. The van der Waals surface area contributed by atoms with Crippen LogP contribution in [0.4, 0.5) is 15.9 Å². The van der Waals surface area contributed by atoms with Crippen molar-refractivity contribution in [1.29, 1.82) is 0 Å². The van der Waals surface area contributed by atoms with Crippen molar-refractivity contribution in [2.75, 3.05) is 10.6 Å². The lowest BCUT2D eigenvalue weighted by atomic mass is 10.0. The summed E-state index contributed by atoms with van der Waals surface area (Å²) in [7, 11) is 0. The fourth-order valence-electron chi connectivity index (χ4n) is 2.59. The molecule has 0 atom stereocenters. The summed E-state index contributed by atoms with van der Waals surface area (Å²) >= 11 is 11.4. The van der Waals surface area contributed by atoms with Crippen LogP contribution in [-0.2, 0) is 6.54 Å². The maximum Gasteiger partial charge on any atom is 0.176 e. The lowest BCUT2D eigenvalue weighted by Crippen LogP contribution is -2.19. The van der Waals surface area contributed by atoms with Crippen molar-refractivity contribution in [2.45, 2.75) is 26.3 Å². The third-order valence-electron chi connectivity index (χ3n) is 4.10. The minimum Gasteiger partial charge on any atom is -0.332 e. The Hall–Kier alpha value is -2.44. The van der Waals surface area contributed by atoms with Gasteiger partial charge in [0.25, 0.3) is 0 Å². The number of hydrogen-bond donors (Lipinski definition) is 2. The van der Waals surface area contributed by atoms with E-state index in [1.54, 1.807) is 29.1 Å². The van der Waals surface area contributed by atoms with E-state index in [1.807, 2.05) is 12.1 Å². The molecule has 3 rings (SSSR count). The van der Waals surface area contributed by atoms with E-state index in [4.69, 9.17) is 23.8 Å². The molecule has 0 unspecified atom stereocenters. The summed E-state index contributed by atoms with van der Waals surface area (Å²) in [5.74, 6) is 0.698. The Kier molecular flexibility index (Phi) is 6.08. The number of hydrogen-bond acceptors (Lipinski definition) is 2. The zero-order valence-corrected chi connectivity index (χ0v) is 16.6. The molecule has 0 radical (unpaired) electrons. The van der Waals surface area contributed by atoms with E-state index >= 15 is 0 Å². The van der Waals surface area contributed by atoms with Crippen LogP contribution in [0.5, 0.6) is 0 Å². The van der Waals surface area contributed by atoms with Gasteiger partial charge >= 0.3 is 0 Å².